The van der Waals surface area contributed by atoms with E-state index in [2.05, 4.69) is 30.4 Å². The Balaban J connectivity index is 0.000000427. The highest BCUT2D eigenvalue weighted by Crippen LogP contribution is 2.45. The molecule has 0 radical (unpaired) electrons. The van der Waals surface area contributed by atoms with E-state index in [9.17, 15) is 8.78 Å². The zero-order valence-corrected chi connectivity index (χ0v) is 20.1. The standard InChI is InChI=1S/C17H24F2N2O.C8H8.C2H6/c1-5-13-8-15(13)11(2)21-12(3)16-7-6-14(9-20-16)22-10-17(4,18)19;1-2-8-6-4-3-5-7-8;1-2/h6-7,9,12-13,15,21H,2,5,8,10H2,1,3-4H3;2-7H,1H2;1-2H3. The lowest BCUT2D eigenvalue weighted by molar-refractivity contribution is -0.0230. The Morgan fingerprint density at radius 3 is 2.34 bits per heavy atom. The second-order valence-electron chi connectivity index (χ2n) is 7.79. The first-order valence-corrected chi connectivity index (χ1v) is 11.3. The van der Waals surface area contributed by atoms with Crippen LogP contribution < -0.4 is 10.1 Å². The number of hydrogen-bond donors (Lipinski definition) is 1. The molecule has 1 aliphatic rings. The Bertz CT molecular complexity index is 801. The summed E-state index contributed by atoms with van der Waals surface area (Å²) in [5.74, 6) is -1.16. The van der Waals surface area contributed by atoms with Crippen LogP contribution in [0.3, 0.4) is 0 Å². The molecule has 1 heterocycles. The van der Waals surface area contributed by atoms with Crippen molar-refractivity contribution in [3.63, 3.8) is 0 Å². The molecule has 3 atom stereocenters. The molecule has 1 aromatic heterocycles. The minimum atomic E-state index is -2.84. The molecule has 1 N–H and O–H groups in total. The summed E-state index contributed by atoms with van der Waals surface area (Å²) in [6.45, 7) is 16.1. The topological polar surface area (TPSA) is 34.1 Å². The number of rotatable bonds is 9. The van der Waals surface area contributed by atoms with Crippen molar-refractivity contribution in [1.82, 2.24) is 10.3 Å². The fraction of sp³-hybridized carbons (Fsp3) is 0.444. The van der Waals surface area contributed by atoms with Gasteiger partial charge in [0, 0.05) is 18.5 Å². The normalized spacial score (nSPS) is 17.5. The van der Waals surface area contributed by atoms with Crippen molar-refractivity contribution in [2.45, 2.75) is 59.4 Å². The van der Waals surface area contributed by atoms with E-state index in [-0.39, 0.29) is 6.04 Å². The van der Waals surface area contributed by atoms with Gasteiger partial charge in [-0.05, 0) is 37.0 Å². The summed E-state index contributed by atoms with van der Waals surface area (Å²) in [7, 11) is 0. The Morgan fingerprint density at radius 2 is 1.91 bits per heavy atom. The average Bonchev–Trinajstić information content (AvgIpc) is 3.60. The number of nitrogens with one attached hydrogen (secondary N) is 1. The summed E-state index contributed by atoms with van der Waals surface area (Å²) in [5, 5.41) is 3.38. The quantitative estimate of drug-likeness (QED) is 0.431. The van der Waals surface area contributed by atoms with Crippen LogP contribution in [0, 0.1) is 11.8 Å². The van der Waals surface area contributed by atoms with Crippen LogP contribution in [0.2, 0.25) is 0 Å². The first kappa shape index (κ1) is 27.3. The van der Waals surface area contributed by atoms with Crippen LogP contribution in [0.4, 0.5) is 8.78 Å². The van der Waals surface area contributed by atoms with Gasteiger partial charge >= 0.3 is 0 Å². The molecular formula is C27H38F2N2O. The van der Waals surface area contributed by atoms with Crippen LogP contribution in [0.1, 0.15) is 64.8 Å². The second kappa shape index (κ2) is 13.7. The van der Waals surface area contributed by atoms with Gasteiger partial charge in [-0.3, -0.25) is 4.98 Å². The van der Waals surface area contributed by atoms with E-state index >= 15 is 0 Å². The van der Waals surface area contributed by atoms with Crippen LogP contribution in [0.15, 0.2) is 67.5 Å². The Kier molecular flexibility index (Phi) is 11.7. The highest BCUT2D eigenvalue weighted by Gasteiger charge is 2.37. The maximum Gasteiger partial charge on any atom is 0.278 e. The van der Waals surface area contributed by atoms with Gasteiger partial charge in [-0.15, -0.1) is 0 Å². The molecular weight excluding hydrogens is 406 g/mol. The fourth-order valence-corrected chi connectivity index (χ4v) is 3.12. The lowest BCUT2D eigenvalue weighted by atomic mass is 10.1. The number of halogens is 2. The third-order valence-electron chi connectivity index (χ3n) is 5.03. The van der Waals surface area contributed by atoms with Gasteiger partial charge in [0.05, 0.1) is 17.9 Å². The molecule has 0 amide bonds. The van der Waals surface area contributed by atoms with E-state index in [4.69, 9.17) is 4.74 Å². The number of pyridine rings is 1. The summed E-state index contributed by atoms with van der Waals surface area (Å²) >= 11 is 0. The molecule has 176 valence electrons. The van der Waals surface area contributed by atoms with Crippen molar-refractivity contribution in [1.29, 1.82) is 0 Å². The van der Waals surface area contributed by atoms with Gasteiger partial charge in [-0.25, -0.2) is 8.78 Å². The summed E-state index contributed by atoms with van der Waals surface area (Å²) < 4.78 is 30.5. The van der Waals surface area contributed by atoms with E-state index in [1.54, 1.807) is 12.1 Å². The van der Waals surface area contributed by atoms with Crippen molar-refractivity contribution in [2.75, 3.05) is 6.61 Å². The Morgan fingerprint density at radius 1 is 1.25 bits per heavy atom. The average molecular weight is 445 g/mol. The van der Waals surface area contributed by atoms with E-state index in [1.807, 2.05) is 57.2 Å². The van der Waals surface area contributed by atoms with E-state index < -0.39 is 12.5 Å². The number of ether oxygens (including phenoxy) is 1. The second-order valence-corrected chi connectivity index (χ2v) is 7.79. The molecule has 1 aromatic carbocycles. The van der Waals surface area contributed by atoms with Gasteiger partial charge in [-0.1, -0.05) is 76.8 Å². The molecule has 1 saturated carbocycles. The molecule has 5 heteroatoms. The van der Waals surface area contributed by atoms with Crippen molar-refractivity contribution in [3.8, 4) is 5.75 Å². The first-order chi connectivity index (χ1) is 15.2. The minimum absolute atomic E-state index is 0.0345. The zero-order chi connectivity index (χ0) is 24.1. The lowest BCUT2D eigenvalue weighted by Crippen LogP contribution is -2.21. The van der Waals surface area contributed by atoms with Crippen molar-refractivity contribution in [3.05, 3.63) is 78.8 Å². The predicted molar refractivity (Wildman–Crippen MR) is 131 cm³/mol. The predicted octanol–water partition coefficient (Wildman–Crippen LogP) is 7.68. The number of aromatic nitrogens is 1. The monoisotopic (exact) mass is 444 g/mol. The van der Waals surface area contributed by atoms with Gasteiger partial charge < -0.3 is 10.1 Å². The Hall–Kier alpha value is -2.69. The first-order valence-electron chi connectivity index (χ1n) is 11.3. The van der Waals surface area contributed by atoms with Gasteiger partial charge in [0.25, 0.3) is 5.92 Å². The van der Waals surface area contributed by atoms with Crippen molar-refractivity contribution < 1.29 is 13.5 Å². The van der Waals surface area contributed by atoms with Gasteiger partial charge in [0.15, 0.2) is 6.61 Å². The molecule has 0 spiro atoms. The van der Waals surface area contributed by atoms with E-state index in [0.717, 1.165) is 24.2 Å². The molecule has 0 bridgehead atoms. The third kappa shape index (κ3) is 10.1. The lowest BCUT2D eigenvalue weighted by Gasteiger charge is -2.17. The van der Waals surface area contributed by atoms with E-state index in [0.29, 0.717) is 11.7 Å². The minimum Gasteiger partial charge on any atom is -0.486 e. The molecule has 0 saturated heterocycles. The van der Waals surface area contributed by atoms with Crippen LogP contribution >= 0.6 is 0 Å². The fourth-order valence-electron chi connectivity index (χ4n) is 3.12. The number of hydrogen-bond acceptors (Lipinski definition) is 3. The molecule has 1 fully saturated rings. The summed E-state index contributed by atoms with van der Waals surface area (Å²) in [5.41, 5.74) is 3.07. The molecule has 32 heavy (non-hydrogen) atoms. The summed E-state index contributed by atoms with van der Waals surface area (Å²) in [6.07, 6.45) is 5.71. The molecule has 3 nitrogen and oxygen atoms in total. The largest absolute Gasteiger partial charge is 0.486 e. The zero-order valence-electron chi connectivity index (χ0n) is 20.1. The molecule has 2 aromatic rings. The van der Waals surface area contributed by atoms with Crippen LogP contribution in [-0.2, 0) is 0 Å². The highest BCUT2D eigenvalue weighted by atomic mass is 19.3. The maximum absolute atomic E-state index is 12.7. The third-order valence-corrected chi connectivity index (χ3v) is 5.03. The highest BCUT2D eigenvalue weighted by molar-refractivity contribution is 5.45. The smallest absolute Gasteiger partial charge is 0.278 e. The molecule has 0 aliphatic heterocycles. The van der Waals surface area contributed by atoms with Gasteiger partial charge in [-0.2, -0.15) is 0 Å². The van der Waals surface area contributed by atoms with Crippen LogP contribution in [-0.4, -0.2) is 17.5 Å². The SMILES string of the molecule is C=C(NC(C)c1ccc(OCC(C)(F)F)cn1)C1CC1CC.C=Cc1ccccc1.CC. The summed E-state index contributed by atoms with van der Waals surface area (Å²) in [4.78, 5) is 4.28. The van der Waals surface area contributed by atoms with Crippen LogP contribution in [0.25, 0.3) is 6.08 Å². The van der Waals surface area contributed by atoms with Crippen LogP contribution in [0.5, 0.6) is 5.75 Å². The van der Waals surface area contributed by atoms with E-state index in [1.165, 1.54) is 24.6 Å². The molecule has 3 unspecified atom stereocenters. The van der Waals surface area contributed by atoms with Gasteiger partial charge in [0.2, 0.25) is 0 Å². The number of alkyl halides is 2. The maximum atomic E-state index is 12.7. The van der Waals surface area contributed by atoms with Gasteiger partial charge in [0.1, 0.15) is 5.75 Å². The van der Waals surface area contributed by atoms with Crippen molar-refractivity contribution >= 4 is 6.08 Å². The number of allylic oxidation sites excluding steroid dienone is 1. The van der Waals surface area contributed by atoms with Crippen molar-refractivity contribution in [2.24, 2.45) is 11.8 Å². The molecule has 1 aliphatic carbocycles. The number of nitrogens with zero attached hydrogens (tertiary/aromatic N) is 1. The Labute approximate surface area is 192 Å². The number of benzene rings is 1. The summed E-state index contributed by atoms with van der Waals surface area (Å²) in [6, 6.07) is 13.5. The molecule has 3 rings (SSSR count).